The van der Waals surface area contributed by atoms with E-state index in [0.717, 1.165) is 11.8 Å². The lowest BCUT2D eigenvalue weighted by atomic mass is 10.2. The van der Waals surface area contributed by atoms with Crippen molar-refractivity contribution >= 4 is 93.3 Å². The van der Waals surface area contributed by atoms with Crippen molar-refractivity contribution in [1.29, 1.82) is 0 Å². The number of benzene rings is 4. The zero-order chi connectivity index (χ0) is 26.7. The summed E-state index contributed by atoms with van der Waals surface area (Å²) >= 11 is 38.2. The molecule has 0 aliphatic rings. The summed E-state index contributed by atoms with van der Waals surface area (Å²) in [6.45, 7) is 0. The molecule has 0 aliphatic carbocycles. The standard InChI is InChI=1S/C26H12Cl6O4S/c27-13-7-9-19(35-25(33)23-15(29)3-1-4-16(23)30)21(11-13)37-22-12-14(28)8-10-20(22)36-26(34)24-17(31)5-2-6-18(24)32/h1-12H. The molecule has 4 aromatic rings. The fourth-order valence-electron chi connectivity index (χ4n) is 3.10. The molecule has 0 saturated heterocycles. The molecule has 0 fully saturated rings. The van der Waals surface area contributed by atoms with Gasteiger partial charge in [0.2, 0.25) is 0 Å². The highest BCUT2D eigenvalue weighted by Gasteiger charge is 2.22. The Balaban J connectivity index is 1.67. The summed E-state index contributed by atoms with van der Waals surface area (Å²) in [6.07, 6.45) is 0. The molecule has 0 saturated carbocycles. The molecule has 0 bridgehead atoms. The van der Waals surface area contributed by atoms with Crippen LogP contribution in [-0.4, -0.2) is 11.9 Å². The fourth-order valence-corrected chi connectivity index (χ4v) is 5.70. The van der Waals surface area contributed by atoms with Gasteiger partial charge in [-0.25, -0.2) is 9.59 Å². The van der Waals surface area contributed by atoms with Crippen molar-refractivity contribution in [2.24, 2.45) is 0 Å². The first kappa shape index (κ1) is 27.9. The van der Waals surface area contributed by atoms with Gasteiger partial charge in [0.05, 0.1) is 41.0 Å². The molecule has 0 unspecified atom stereocenters. The van der Waals surface area contributed by atoms with E-state index in [1.54, 1.807) is 36.4 Å². The number of rotatable bonds is 6. The molecule has 4 nitrogen and oxygen atoms in total. The van der Waals surface area contributed by atoms with Crippen LogP contribution in [0.2, 0.25) is 30.1 Å². The molecule has 0 aliphatic heterocycles. The zero-order valence-electron chi connectivity index (χ0n) is 18.2. The Hall–Kier alpha value is -2.09. The Morgan fingerprint density at radius 2 is 0.892 bits per heavy atom. The van der Waals surface area contributed by atoms with Gasteiger partial charge in [-0.05, 0) is 60.7 Å². The van der Waals surface area contributed by atoms with Crippen LogP contribution >= 0.6 is 81.4 Å². The number of hydrogen-bond donors (Lipinski definition) is 0. The third-order valence-electron chi connectivity index (χ3n) is 4.77. The van der Waals surface area contributed by atoms with Gasteiger partial charge in [-0.15, -0.1) is 0 Å². The molecule has 4 rings (SSSR count). The van der Waals surface area contributed by atoms with Gasteiger partial charge < -0.3 is 9.47 Å². The number of hydrogen-bond acceptors (Lipinski definition) is 5. The molecule has 188 valence electrons. The fraction of sp³-hybridized carbons (Fsp3) is 0. The summed E-state index contributed by atoms with van der Waals surface area (Å²) < 4.78 is 11.2. The van der Waals surface area contributed by atoms with Crippen LogP contribution in [0.15, 0.2) is 82.6 Å². The van der Waals surface area contributed by atoms with E-state index in [0.29, 0.717) is 19.8 Å². The minimum Gasteiger partial charge on any atom is -0.422 e. The Morgan fingerprint density at radius 1 is 0.541 bits per heavy atom. The molecule has 4 aromatic carbocycles. The van der Waals surface area contributed by atoms with Crippen molar-refractivity contribution in [3.05, 3.63) is 114 Å². The maximum absolute atomic E-state index is 12.9. The van der Waals surface area contributed by atoms with Crippen molar-refractivity contribution in [1.82, 2.24) is 0 Å². The molecule has 11 heteroatoms. The lowest BCUT2D eigenvalue weighted by Gasteiger charge is -2.14. The van der Waals surface area contributed by atoms with E-state index >= 15 is 0 Å². The van der Waals surface area contributed by atoms with Crippen LogP contribution in [0.4, 0.5) is 0 Å². The third kappa shape index (κ3) is 6.68. The maximum atomic E-state index is 12.9. The summed E-state index contributed by atoms with van der Waals surface area (Å²) in [7, 11) is 0. The van der Waals surface area contributed by atoms with Crippen LogP contribution in [0.25, 0.3) is 0 Å². The summed E-state index contributed by atoms with van der Waals surface area (Å²) in [4.78, 5) is 26.6. The Morgan fingerprint density at radius 3 is 1.24 bits per heavy atom. The van der Waals surface area contributed by atoms with Gasteiger partial charge in [-0.2, -0.15) is 0 Å². The smallest absolute Gasteiger partial charge is 0.346 e. The van der Waals surface area contributed by atoms with E-state index in [-0.39, 0.29) is 42.7 Å². The number of esters is 2. The largest absolute Gasteiger partial charge is 0.422 e. The highest BCUT2D eigenvalue weighted by molar-refractivity contribution is 7.99. The zero-order valence-corrected chi connectivity index (χ0v) is 23.6. The van der Waals surface area contributed by atoms with Crippen LogP contribution in [0, 0.1) is 0 Å². The minimum atomic E-state index is -0.758. The van der Waals surface area contributed by atoms with Gasteiger partial charge in [-0.1, -0.05) is 93.5 Å². The van der Waals surface area contributed by atoms with Crippen molar-refractivity contribution < 1.29 is 19.1 Å². The second kappa shape index (κ2) is 12.2. The number of halogens is 6. The van der Waals surface area contributed by atoms with Crippen LogP contribution in [0.3, 0.4) is 0 Å². The van der Waals surface area contributed by atoms with Crippen molar-refractivity contribution in [2.75, 3.05) is 0 Å². The first-order valence-corrected chi connectivity index (χ1v) is 13.3. The van der Waals surface area contributed by atoms with Crippen LogP contribution in [-0.2, 0) is 0 Å². The second-order valence-electron chi connectivity index (χ2n) is 7.26. The van der Waals surface area contributed by atoms with Gasteiger partial charge in [0.1, 0.15) is 11.5 Å². The second-order valence-corrected chi connectivity index (χ2v) is 10.8. The average molecular weight is 633 g/mol. The molecule has 0 radical (unpaired) electrons. The van der Waals surface area contributed by atoms with E-state index < -0.39 is 11.9 Å². The highest BCUT2D eigenvalue weighted by atomic mass is 35.5. The predicted octanol–water partition coefficient (Wildman–Crippen LogP) is 10.2. The van der Waals surface area contributed by atoms with E-state index in [4.69, 9.17) is 79.1 Å². The van der Waals surface area contributed by atoms with Crippen molar-refractivity contribution in [2.45, 2.75) is 9.79 Å². The average Bonchev–Trinajstić information content (AvgIpc) is 2.82. The molecule has 0 heterocycles. The van der Waals surface area contributed by atoms with Crippen molar-refractivity contribution in [3.8, 4) is 11.5 Å². The number of carbonyl (C=O) groups is 2. The molecule has 0 amide bonds. The number of carbonyl (C=O) groups excluding carboxylic acids is 2. The molecular formula is C26H12Cl6O4S. The Bertz CT molecular complexity index is 1370. The Labute approximate surface area is 246 Å². The van der Waals surface area contributed by atoms with Gasteiger partial charge in [0.15, 0.2) is 0 Å². The van der Waals surface area contributed by atoms with E-state index in [2.05, 4.69) is 0 Å². The molecule has 0 N–H and O–H groups in total. The summed E-state index contributed by atoms with van der Waals surface area (Å²) in [5.74, 6) is -1.18. The Kier molecular flexibility index (Phi) is 9.20. The normalized spacial score (nSPS) is 10.8. The van der Waals surface area contributed by atoms with E-state index in [1.165, 1.54) is 36.4 Å². The quantitative estimate of drug-likeness (QED) is 0.156. The molecular weight excluding hydrogens is 621 g/mol. The lowest BCUT2D eigenvalue weighted by Crippen LogP contribution is -2.11. The molecule has 0 atom stereocenters. The summed E-state index contributed by atoms with van der Waals surface area (Å²) in [5, 5.41) is 1.32. The van der Waals surface area contributed by atoms with Crippen LogP contribution in [0.1, 0.15) is 20.7 Å². The number of ether oxygens (including phenoxy) is 2. The SMILES string of the molecule is O=C(Oc1ccc(Cl)cc1Sc1cc(Cl)ccc1OC(=O)c1c(Cl)cccc1Cl)c1c(Cl)cccc1Cl. The topological polar surface area (TPSA) is 52.6 Å². The van der Waals surface area contributed by atoms with Crippen LogP contribution < -0.4 is 9.47 Å². The van der Waals surface area contributed by atoms with Gasteiger partial charge in [-0.3, -0.25) is 0 Å². The van der Waals surface area contributed by atoms with Crippen molar-refractivity contribution in [3.63, 3.8) is 0 Å². The minimum absolute atomic E-state index is 0.0192. The van der Waals surface area contributed by atoms with Gasteiger partial charge in [0.25, 0.3) is 0 Å². The van der Waals surface area contributed by atoms with Crippen LogP contribution in [0.5, 0.6) is 11.5 Å². The lowest BCUT2D eigenvalue weighted by molar-refractivity contribution is 0.0722. The summed E-state index contributed by atoms with van der Waals surface area (Å²) in [6, 6.07) is 18.7. The molecule has 0 aromatic heterocycles. The molecule has 37 heavy (non-hydrogen) atoms. The monoisotopic (exact) mass is 630 g/mol. The maximum Gasteiger partial charge on any atom is 0.346 e. The van der Waals surface area contributed by atoms with E-state index in [1.807, 2.05) is 0 Å². The third-order valence-corrected chi connectivity index (χ3v) is 7.58. The highest BCUT2D eigenvalue weighted by Crippen LogP contribution is 2.43. The van der Waals surface area contributed by atoms with E-state index in [9.17, 15) is 9.59 Å². The first-order valence-electron chi connectivity index (χ1n) is 10.2. The van der Waals surface area contributed by atoms with Gasteiger partial charge >= 0.3 is 11.9 Å². The first-order chi connectivity index (χ1) is 17.6. The summed E-state index contributed by atoms with van der Waals surface area (Å²) in [5.41, 5.74) is 0.0384. The molecule has 0 spiro atoms. The predicted molar refractivity (Wildman–Crippen MR) is 150 cm³/mol. The van der Waals surface area contributed by atoms with Gasteiger partial charge in [0, 0.05) is 10.0 Å².